The minimum atomic E-state index is -0.513. The highest BCUT2D eigenvalue weighted by Gasteiger charge is 2.28. The second-order valence-electron chi connectivity index (χ2n) is 7.86. The number of hydrogen-bond acceptors (Lipinski definition) is 5. The number of nitrogens with zero attached hydrogens (tertiary/aromatic N) is 2. The van der Waals surface area contributed by atoms with Gasteiger partial charge in [0.2, 0.25) is 0 Å². The Morgan fingerprint density at radius 3 is 2.48 bits per heavy atom. The third kappa shape index (κ3) is 4.16. The molecular weight excluding hydrogens is 399 g/mol. The van der Waals surface area contributed by atoms with Gasteiger partial charge in [-0.3, -0.25) is 19.7 Å². The monoisotopic (exact) mass is 424 g/mol. The minimum absolute atomic E-state index is 0.186. The maximum Gasteiger partial charge on any atom is 0.258 e. The predicted molar refractivity (Wildman–Crippen MR) is 115 cm³/mol. The van der Waals surface area contributed by atoms with E-state index in [-0.39, 0.29) is 22.5 Å². The van der Waals surface area contributed by atoms with Crippen LogP contribution in [0.25, 0.3) is 0 Å². The van der Waals surface area contributed by atoms with Crippen molar-refractivity contribution in [2.24, 2.45) is 0 Å². The SMILES string of the molecule is CCN1CCN(c2ccc(F)cc2C(C)NC(=O)c2ccc3c(c2)C(=O)NC3=O)CC1. The van der Waals surface area contributed by atoms with Crippen molar-refractivity contribution in [3.63, 3.8) is 0 Å². The van der Waals surface area contributed by atoms with Crippen LogP contribution in [0.5, 0.6) is 0 Å². The van der Waals surface area contributed by atoms with E-state index in [1.54, 1.807) is 6.07 Å². The zero-order valence-corrected chi connectivity index (χ0v) is 17.6. The van der Waals surface area contributed by atoms with Gasteiger partial charge in [0.05, 0.1) is 17.2 Å². The van der Waals surface area contributed by atoms with E-state index in [1.807, 2.05) is 6.92 Å². The normalized spacial score (nSPS) is 17.3. The van der Waals surface area contributed by atoms with Gasteiger partial charge >= 0.3 is 0 Å². The van der Waals surface area contributed by atoms with Crippen molar-refractivity contribution in [1.82, 2.24) is 15.5 Å². The van der Waals surface area contributed by atoms with Crippen LogP contribution in [0, 0.1) is 5.82 Å². The first kappa shape index (κ1) is 21.0. The molecule has 0 spiro atoms. The summed E-state index contributed by atoms with van der Waals surface area (Å²) in [6.07, 6.45) is 0. The van der Waals surface area contributed by atoms with Gasteiger partial charge in [0.15, 0.2) is 0 Å². The fourth-order valence-electron chi connectivity index (χ4n) is 4.13. The minimum Gasteiger partial charge on any atom is -0.369 e. The number of fused-ring (bicyclic) bond motifs is 1. The Bertz CT molecular complexity index is 1050. The molecule has 2 aliphatic heterocycles. The summed E-state index contributed by atoms with van der Waals surface area (Å²) in [5.41, 5.74) is 2.32. The summed E-state index contributed by atoms with van der Waals surface area (Å²) in [6.45, 7) is 8.48. The van der Waals surface area contributed by atoms with Crippen LogP contribution in [0.1, 0.15) is 56.5 Å². The van der Waals surface area contributed by atoms with E-state index < -0.39 is 23.8 Å². The molecule has 7 nitrogen and oxygen atoms in total. The summed E-state index contributed by atoms with van der Waals surface area (Å²) in [7, 11) is 0. The summed E-state index contributed by atoms with van der Waals surface area (Å²) >= 11 is 0. The lowest BCUT2D eigenvalue weighted by Gasteiger charge is -2.37. The van der Waals surface area contributed by atoms with Crippen molar-refractivity contribution >= 4 is 23.4 Å². The average molecular weight is 424 g/mol. The van der Waals surface area contributed by atoms with Crippen molar-refractivity contribution in [3.8, 4) is 0 Å². The van der Waals surface area contributed by atoms with Crippen molar-refractivity contribution in [2.45, 2.75) is 19.9 Å². The van der Waals surface area contributed by atoms with Gasteiger partial charge in [0.1, 0.15) is 5.82 Å². The zero-order chi connectivity index (χ0) is 22.1. The van der Waals surface area contributed by atoms with Gasteiger partial charge in [-0.05, 0) is 49.9 Å². The third-order valence-electron chi connectivity index (χ3n) is 5.96. The van der Waals surface area contributed by atoms with Gasteiger partial charge in [-0.1, -0.05) is 6.92 Å². The number of likely N-dealkylation sites (N-methyl/N-ethyl adjacent to an activating group) is 1. The Kier molecular flexibility index (Phi) is 5.73. The molecule has 162 valence electrons. The summed E-state index contributed by atoms with van der Waals surface area (Å²) in [6, 6.07) is 8.60. The molecule has 2 aliphatic rings. The molecule has 1 atom stereocenters. The summed E-state index contributed by atoms with van der Waals surface area (Å²) < 4.78 is 14.1. The molecule has 0 aromatic heterocycles. The van der Waals surface area contributed by atoms with E-state index in [4.69, 9.17) is 0 Å². The molecule has 8 heteroatoms. The molecule has 0 radical (unpaired) electrons. The molecule has 0 saturated carbocycles. The number of amides is 3. The first-order chi connectivity index (χ1) is 14.9. The van der Waals surface area contributed by atoms with Crippen LogP contribution in [-0.2, 0) is 0 Å². The average Bonchev–Trinajstić information content (AvgIpc) is 3.06. The molecule has 31 heavy (non-hydrogen) atoms. The summed E-state index contributed by atoms with van der Waals surface area (Å²) in [5, 5.41) is 5.11. The molecule has 1 unspecified atom stereocenters. The fraction of sp³-hybridized carbons (Fsp3) is 0.348. The third-order valence-corrected chi connectivity index (χ3v) is 5.96. The van der Waals surface area contributed by atoms with Gasteiger partial charge in [-0.2, -0.15) is 0 Å². The predicted octanol–water partition coefficient (Wildman–Crippen LogP) is 2.34. The molecule has 1 fully saturated rings. The van der Waals surface area contributed by atoms with Crippen molar-refractivity contribution in [3.05, 3.63) is 64.5 Å². The molecule has 0 aliphatic carbocycles. The lowest BCUT2D eigenvalue weighted by Crippen LogP contribution is -2.46. The largest absolute Gasteiger partial charge is 0.369 e. The molecule has 0 bridgehead atoms. The first-order valence-corrected chi connectivity index (χ1v) is 10.4. The van der Waals surface area contributed by atoms with E-state index in [0.717, 1.165) is 38.4 Å². The van der Waals surface area contributed by atoms with Crippen LogP contribution >= 0.6 is 0 Å². The Morgan fingerprint density at radius 2 is 1.77 bits per heavy atom. The number of benzene rings is 2. The van der Waals surface area contributed by atoms with Crippen LogP contribution in [0.15, 0.2) is 36.4 Å². The highest BCUT2D eigenvalue weighted by atomic mass is 19.1. The fourth-order valence-corrected chi connectivity index (χ4v) is 4.13. The standard InChI is InChI=1S/C23H25FN4O3/c1-3-27-8-10-28(11-9-27)20-7-5-16(24)13-18(20)14(2)25-21(29)15-4-6-17-19(12-15)23(31)26-22(17)30/h4-7,12-14H,3,8-11H2,1-2H3,(H,25,29)(H,26,30,31). The lowest BCUT2D eigenvalue weighted by molar-refractivity contribution is 0.0878. The lowest BCUT2D eigenvalue weighted by atomic mass is 10.0. The Balaban J connectivity index is 1.54. The van der Waals surface area contributed by atoms with Crippen LogP contribution < -0.4 is 15.5 Å². The molecular formula is C23H25FN4O3. The Hall–Kier alpha value is -3.26. The van der Waals surface area contributed by atoms with Gasteiger partial charge in [0, 0.05) is 43.0 Å². The number of nitrogens with one attached hydrogen (secondary N) is 2. The highest BCUT2D eigenvalue weighted by Crippen LogP contribution is 2.29. The molecule has 4 rings (SSSR count). The quantitative estimate of drug-likeness (QED) is 0.720. The number of piperazine rings is 1. The van der Waals surface area contributed by atoms with Crippen molar-refractivity contribution in [2.75, 3.05) is 37.6 Å². The molecule has 1 saturated heterocycles. The Labute approximate surface area is 180 Å². The van der Waals surface area contributed by atoms with Gasteiger partial charge < -0.3 is 15.1 Å². The van der Waals surface area contributed by atoms with E-state index in [0.29, 0.717) is 5.56 Å². The molecule has 3 amide bonds. The van der Waals surface area contributed by atoms with Crippen LogP contribution in [-0.4, -0.2) is 55.3 Å². The van der Waals surface area contributed by atoms with Gasteiger partial charge in [0.25, 0.3) is 17.7 Å². The smallest absolute Gasteiger partial charge is 0.258 e. The number of carbonyl (C=O) groups excluding carboxylic acids is 3. The number of rotatable bonds is 5. The molecule has 2 aromatic carbocycles. The van der Waals surface area contributed by atoms with Crippen molar-refractivity contribution in [1.29, 1.82) is 0 Å². The van der Waals surface area contributed by atoms with Crippen molar-refractivity contribution < 1.29 is 18.8 Å². The van der Waals surface area contributed by atoms with Crippen LogP contribution in [0.4, 0.5) is 10.1 Å². The maximum absolute atomic E-state index is 14.1. The maximum atomic E-state index is 14.1. The van der Waals surface area contributed by atoms with E-state index in [9.17, 15) is 18.8 Å². The molecule has 2 heterocycles. The number of imide groups is 1. The zero-order valence-electron chi connectivity index (χ0n) is 17.6. The number of anilines is 1. The topological polar surface area (TPSA) is 81.8 Å². The molecule has 2 aromatic rings. The van der Waals surface area contributed by atoms with Gasteiger partial charge in [-0.25, -0.2) is 4.39 Å². The first-order valence-electron chi connectivity index (χ1n) is 10.4. The van der Waals surface area contributed by atoms with Crippen LogP contribution in [0.3, 0.4) is 0 Å². The number of carbonyl (C=O) groups is 3. The highest BCUT2D eigenvalue weighted by molar-refractivity contribution is 6.22. The number of hydrogen-bond donors (Lipinski definition) is 2. The van der Waals surface area contributed by atoms with E-state index >= 15 is 0 Å². The summed E-state index contributed by atoms with van der Waals surface area (Å²) in [5.74, 6) is -1.73. The van der Waals surface area contributed by atoms with E-state index in [2.05, 4.69) is 27.4 Å². The molecule has 2 N–H and O–H groups in total. The summed E-state index contributed by atoms with van der Waals surface area (Å²) in [4.78, 5) is 41.0. The van der Waals surface area contributed by atoms with Crippen LogP contribution in [0.2, 0.25) is 0 Å². The second-order valence-corrected chi connectivity index (χ2v) is 7.86. The number of halogens is 1. The Morgan fingerprint density at radius 1 is 1.06 bits per heavy atom. The van der Waals surface area contributed by atoms with Gasteiger partial charge in [-0.15, -0.1) is 0 Å². The van der Waals surface area contributed by atoms with E-state index in [1.165, 1.54) is 30.3 Å². The second kappa shape index (κ2) is 8.47.